The van der Waals surface area contributed by atoms with Gasteiger partial charge in [0.2, 0.25) is 17.6 Å². The van der Waals surface area contributed by atoms with Gasteiger partial charge in [0.05, 0.1) is 4.92 Å². The number of nitro groups is 1. The number of nitro benzene ring substituents is 1. The van der Waals surface area contributed by atoms with Crippen LogP contribution in [0.25, 0.3) is 0 Å². The predicted molar refractivity (Wildman–Crippen MR) is 66.7 cm³/mol. The van der Waals surface area contributed by atoms with E-state index in [1.807, 2.05) is 6.92 Å². The molecule has 0 saturated carbocycles. The summed E-state index contributed by atoms with van der Waals surface area (Å²) in [7, 11) is 0. The first-order valence-electron chi connectivity index (χ1n) is 5.68. The van der Waals surface area contributed by atoms with Crippen LogP contribution in [0.1, 0.15) is 12.5 Å². The molecule has 0 unspecified atom stereocenters. The van der Waals surface area contributed by atoms with E-state index in [4.69, 9.17) is 4.74 Å². The number of nitrogens with zero attached hydrogens (tertiary/aromatic N) is 2. The lowest BCUT2D eigenvalue weighted by Crippen LogP contribution is -1.96. The fourth-order valence-corrected chi connectivity index (χ4v) is 1.57. The van der Waals surface area contributed by atoms with E-state index >= 15 is 0 Å². The molecule has 0 spiro atoms. The fraction of sp³-hybridized carbons (Fsp3) is 0.154. The second-order valence-corrected chi connectivity index (χ2v) is 3.81. The molecule has 2 rings (SSSR count). The maximum Gasteiger partial charge on any atom is 0.311 e. The molecule has 98 valence electrons. The van der Waals surface area contributed by atoms with Crippen molar-refractivity contribution in [1.82, 2.24) is 4.98 Å². The summed E-state index contributed by atoms with van der Waals surface area (Å²) < 4.78 is 18.2. The Hall–Kier alpha value is -2.50. The smallest absolute Gasteiger partial charge is 0.311 e. The van der Waals surface area contributed by atoms with E-state index in [1.54, 1.807) is 6.07 Å². The molecule has 1 heterocycles. The molecule has 0 radical (unpaired) electrons. The van der Waals surface area contributed by atoms with Crippen LogP contribution >= 0.6 is 0 Å². The Morgan fingerprint density at radius 1 is 1.37 bits per heavy atom. The average molecular weight is 262 g/mol. The molecule has 0 amide bonds. The maximum atomic E-state index is 12.9. The molecule has 0 aliphatic carbocycles. The monoisotopic (exact) mass is 262 g/mol. The number of aryl methyl sites for hydroxylation is 1. The number of ether oxygens (including phenoxy) is 1. The quantitative estimate of drug-likeness (QED) is 0.480. The zero-order valence-corrected chi connectivity index (χ0v) is 10.2. The second-order valence-electron chi connectivity index (χ2n) is 3.81. The van der Waals surface area contributed by atoms with Gasteiger partial charge in [0.1, 0.15) is 0 Å². The van der Waals surface area contributed by atoms with Crippen LogP contribution in [-0.2, 0) is 6.42 Å². The van der Waals surface area contributed by atoms with Gasteiger partial charge >= 0.3 is 5.69 Å². The van der Waals surface area contributed by atoms with Crippen molar-refractivity contribution in [3.8, 4) is 11.6 Å². The third-order valence-corrected chi connectivity index (χ3v) is 2.53. The number of hydrogen-bond donors (Lipinski definition) is 0. The average Bonchev–Trinajstić information content (AvgIpc) is 2.39. The molecule has 0 saturated heterocycles. The molecule has 1 aromatic heterocycles. The highest BCUT2D eigenvalue weighted by molar-refractivity contribution is 5.50. The molecule has 0 aliphatic rings. The Bertz CT molecular complexity index is 617. The lowest BCUT2D eigenvalue weighted by atomic mass is 10.1. The summed E-state index contributed by atoms with van der Waals surface area (Å²) in [6.07, 6.45) is 0.680. The third-order valence-electron chi connectivity index (χ3n) is 2.53. The second kappa shape index (κ2) is 5.43. The number of halogens is 1. The number of hydrogen-bond acceptors (Lipinski definition) is 4. The number of benzene rings is 1. The van der Waals surface area contributed by atoms with Crippen LogP contribution < -0.4 is 4.74 Å². The van der Waals surface area contributed by atoms with E-state index < -0.39 is 10.9 Å². The van der Waals surface area contributed by atoms with Gasteiger partial charge in [0, 0.05) is 12.1 Å². The molecule has 0 fully saturated rings. The Balaban J connectivity index is 2.36. The first-order chi connectivity index (χ1) is 9.10. The summed E-state index contributed by atoms with van der Waals surface area (Å²) in [4.78, 5) is 13.9. The summed E-state index contributed by atoms with van der Waals surface area (Å²) in [6.45, 7) is 1.90. The minimum absolute atomic E-state index is 0.0210. The molecule has 5 nitrogen and oxygen atoms in total. The van der Waals surface area contributed by atoms with Crippen LogP contribution in [0.5, 0.6) is 11.6 Å². The Morgan fingerprint density at radius 2 is 2.16 bits per heavy atom. The van der Waals surface area contributed by atoms with E-state index in [1.165, 1.54) is 30.3 Å². The molecule has 19 heavy (non-hydrogen) atoms. The van der Waals surface area contributed by atoms with Crippen molar-refractivity contribution < 1.29 is 14.1 Å². The van der Waals surface area contributed by atoms with Crippen LogP contribution in [0.3, 0.4) is 0 Å². The van der Waals surface area contributed by atoms with Gasteiger partial charge < -0.3 is 4.74 Å². The molecule has 0 N–H and O–H groups in total. The summed E-state index contributed by atoms with van der Waals surface area (Å²) >= 11 is 0. The van der Waals surface area contributed by atoms with E-state index in [2.05, 4.69) is 4.98 Å². The first kappa shape index (κ1) is 12.9. The highest BCUT2D eigenvalue weighted by Crippen LogP contribution is 2.31. The molecule has 0 atom stereocenters. The summed E-state index contributed by atoms with van der Waals surface area (Å²) in [5.41, 5.74) is 0.664. The van der Waals surface area contributed by atoms with Gasteiger partial charge in [-0.1, -0.05) is 19.1 Å². The van der Waals surface area contributed by atoms with E-state index in [0.29, 0.717) is 6.42 Å². The van der Waals surface area contributed by atoms with Crippen molar-refractivity contribution in [1.29, 1.82) is 0 Å². The highest BCUT2D eigenvalue weighted by Gasteiger charge is 2.17. The van der Waals surface area contributed by atoms with Crippen molar-refractivity contribution in [3.05, 3.63) is 58.0 Å². The molecular formula is C13H11FN2O3. The van der Waals surface area contributed by atoms with Crippen LogP contribution in [0.15, 0.2) is 36.4 Å². The maximum absolute atomic E-state index is 12.9. The van der Waals surface area contributed by atoms with Crippen molar-refractivity contribution in [3.63, 3.8) is 0 Å². The lowest BCUT2D eigenvalue weighted by molar-refractivity contribution is -0.385. The van der Waals surface area contributed by atoms with Gasteiger partial charge in [-0.25, -0.2) is 0 Å². The van der Waals surface area contributed by atoms with Gasteiger partial charge in [-0.05, 0) is 24.1 Å². The minimum atomic E-state index is -0.703. The van der Waals surface area contributed by atoms with E-state index in [0.717, 1.165) is 5.56 Å². The summed E-state index contributed by atoms with van der Waals surface area (Å²) in [5.74, 6) is -0.682. The number of rotatable bonds is 4. The van der Waals surface area contributed by atoms with Gasteiger partial charge in [-0.2, -0.15) is 9.37 Å². The molecular weight excluding hydrogens is 251 g/mol. The Kier molecular flexibility index (Phi) is 3.70. The van der Waals surface area contributed by atoms with Crippen LogP contribution in [0.2, 0.25) is 0 Å². The predicted octanol–water partition coefficient (Wildman–Crippen LogP) is 3.48. The largest absolute Gasteiger partial charge is 0.432 e. The fourth-order valence-electron chi connectivity index (χ4n) is 1.57. The number of aromatic nitrogens is 1. The van der Waals surface area contributed by atoms with E-state index in [-0.39, 0.29) is 17.3 Å². The van der Waals surface area contributed by atoms with Crippen LogP contribution in [-0.4, -0.2) is 9.91 Å². The van der Waals surface area contributed by atoms with Crippen LogP contribution in [0, 0.1) is 16.1 Å². The molecule has 2 aromatic rings. The normalized spacial score (nSPS) is 10.2. The van der Waals surface area contributed by atoms with Gasteiger partial charge in [-0.3, -0.25) is 10.1 Å². The van der Waals surface area contributed by atoms with Crippen molar-refractivity contribution >= 4 is 5.69 Å². The number of pyridine rings is 1. The SMILES string of the molecule is CCc1ccc(Oc2cccc(F)n2)c([N+](=O)[O-])c1. The van der Waals surface area contributed by atoms with Gasteiger partial charge in [-0.15, -0.1) is 0 Å². The highest BCUT2D eigenvalue weighted by atomic mass is 19.1. The summed E-state index contributed by atoms with van der Waals surface area (Å²) in [6, 6.07) is 8.67. The molecule has 0 bridgehead atoms. The molecule has 0 aliphatic heterocycles. The van der Waals surface area contributed by atoms with Crippen LogP contribution in [0.4, 0.5) is 10.1 Å². The topological polar surface area (TPSA) is 65.3 Å². The Labute approximate surface area is 108 Å². The van der Waals surface area contributed by atoms with Crippen molar-refractivity contribution in [2.24, 2.45) is 0 Å². The van der Waals surface area contributed by atoms with E-state index in [9.17, 15) is 14.5 Å². The molecule has 1 aromatic carbocycles. The zero-order chi connectivity index (χ0) is 13.8. The lowest BCUT2D eigenvalue weighted by Gasteiger charge is -2.06. The van der Waals surface area contributed by atoms with Crippen molar-refractivity contribution in [2.45, 2.75) is 13.3 Å². The standard InChI is InChI=1S/C13H11FN2O3/c1-2-9-6-7-11(10(8-9)16(17)18)19-13-5-3-4-12(14)15-13/h3-8H,2H2,1H3. The zero-order valence-electron chi connectivity index (χ0n) is 10.2. The Morgan fingerprint density at radius 3 is 2.79 bits per heavy atom. The van der Waals surface area contributed by atoms with Gasteiger partial charge in [0.25, 0.3) is 0 Å². The summed E-state index contributed by atoms with van der Waals surface area (Å²) in [5, 5.41) is 11.0. The van der Waals surface area contributed by atoms with Crippen molar-refractivity contribution in [2.75, 3.05) is 0 Å². The molecule has 6 heteroatoms. The first-order valence-corrected chi connectivity index (χ1v) is 5.68. The third kappa shape index (κ3) is 3.04. The van der Waals surface area contributed by atoms with Gasteiger partial charge in [0.15, 0.2) is 0 Å². The minimum Gasteiger partial charge on any atom is -0.432 e.